The van der Waals surface area contributed by atoms with Gasteiger partial charge in [-0.15, -0.1) is 0 Å². The Morgan fingerprint density at radius 2 is 2.06 bits per heavy atom. The highest BCUT2D eigenvalue weighted by atomic mass is 16.2. The molecule has 0 spiro atoms. The van der Waals surface area contributed by atoms with Gasteiger partial charge in [0.05, 0.1) is 0 Å². The zero-order valence-corrected chi connectivity index (χ0v) is 10.2. The van der Waals surface area contributed by atoms with E-state index in [2.05, 4.69) is 17.1 Å². The van der Waals surface area contributed by atoms with Crippen molar-refractivity contribution in [1.82, 2.24) is 15.1 Å². The van der Waals surface area contributed by atoms with Crippen LogP contribution in [0.2, 0.25) is 0 Å². The highest BCUT2D eigenvalue weighted by molar-refractivity contribution is 5.76. The van der Waals surface area contributed by atoms with E-state index in [-0.39, 0.29) is 0 Å². The SMILES string of the molecule is CCN1CCN(C(=O)CC2CCNC2)CC1. The van der Waals surface area contributed by atoms with Crippen LogP contribution in [0.15, 0.2) is 0 Å². The van der Waals surface area contributed by atoms with Gasteiger partial charge in [-0.3, -0.25) is 4.79 Å². The van der Waals surface area contributed by atoms with Crippen LogP contribution in [0.4, 0.5) is 0 Å². The van der Waals surface area contributed by atoms with Gasteiger partial charge in [-0.25, -0.2) is 0 Å². The third-order valence-electron chi connectivity index (χ3n) is 3.80. The molecular formula is C12H23N3O. The Hall–Kier alpha value is -0.610. The summed E-state index contributed by atoms with van der Waals surface area (Å²) in [6.07, 6.45) is 1.92. The highest BCUT2D eigenvalue weighted by Crippen LogP contribution is 2.14. The van der Waals surface area contributed by atoms with Crippen LogP contribution < -0.4 is 5.32 Å². The number of nitrogens with zero attached hydrogens (tertiary/aromatic N) is 2. The molecule has 0 bridgehead atoms. The summed E-state index contributed by atoms with van der Waals surface area (Å²) in [4.78, 5) is 16.5. The Labute approximate surface area is 98.0 Å². The average Bonchev–Trinajstić information content (AvgIpc) is 2.82. The van der Waals surface area contributed by atoms with E-state index < -0.39 is 0 Å². The number of carbonyl (C=O) groups is 1. The minimum Gasteiger partial charge on any atom is -0.340 e. The molecule has 2 rings (SSSR count). The highest BCUT2D eigenvalue weighted by Gasteiger charge is 2.24. The third-order valence-corrected chi connectivity index (χ3v) is 3.80. The van der Waals surface area contributed by atoms with Crippen molar-refractivity contribution in [2.45, 2.75) is 19.8 Å². The van der Waals surface area contributed by atoms with Crippen molar-refractivity contribution in [3.05, 3.63) is 0 Å². The molecule has 4 heteroatoms. The van der Waals surface area contributed by atoms with E-state index in [1.165, 1.54) is 6.42 Å². The van der Waals surface area contributed by atoms with Crippen LogP contribution in [0.3, 0.4) is 0 Å². The molecule has 1 atom stereocenters. The molecule has 0 saturated carbocycles. The molecular weight excluding hydrogens is 202 g/mol. The summed E-state index contributed by atoms with van der Waals surface area (Å²) in [5, 5.41) is 3.32. The molecule has 4 nitrogen and oxygen atoms in total. The molecule has 2 fully saturated rings. The van der Waals surface area contributed by atoms with Gasteiger partial charge >= 0.3 is 0 Å². The van der Waals surface area contributed by atoms with E-state index in [1.54, 1.807) is 0 Å². The molecule has 0 aromatic rings. The molecule has 0 aromatic carbocycles. The normalized spacial score (nSPS) is 27.3. The predicted octanol–water partition coefficient (Wildman–Crippen LogP) is 0.150. The van der Waals surface area contributed by atoms with Gasteiger partial charge < -0.3 is 15.1 Å². The quantitative estimate of drug-likeness (QED) is 0.743. The first-order valence-electron chi connectivity index (χ1n) is 6.50. The second-order valence-corrected chi connectivity index (χ2v) is 4.88. The molecule has 1 amide bonds. The number of rotatable bonds is 3. The molecule has 1 N–H and O–H groups in total. The van der Waals surface area contributed by atoms with Crippen LogP contribution in [0, 0.1) is 5.92 Å². The van der Waals surface area contributed by atoms with E-state index in [9.17, 15) is 4.79 Å². The number of amides is 1. The van der Waals surface area contributed by atoms with Gasteiger partial charge in [0, 0.05) is 32.6 Å². The van der Waals surface area contributed by atoms with Crippen molar-refractivity contribution in [1.29, 1.82) is 0 Å². The zero-order chi connectivity index (χ0) is 11.4. The van der Waals surface area contributed by atoms with E-state index >= 15 is 0 Å². The molecule has 92 valence electrons. The lowest BCUT2D eigenvalue weighted by Crippen LogP contribution is -2.48. The standard InChI is InChI=1S/C12H23N3O/c1-2-14-5-7-15(8-6-14)12(16)9-11-3-4-13-10-11/h11,13H,2-10H2,1H3. The molecule has 0 radical (unpaired) electrons. The van der Waals surface area contributed by atoms with Crippen molar-refractivity contribution in [3.8, 4) is 0 Å². The number of hydrogen-bond acceptors (Lipinski definition) is 3. The van der Waals surface area contributed by atoms with Crippen molar-refractivity contribution in [3.63, 3.8) is 0 Å². The van der Waals surface area contributed by atoms with Crippen LogP contribution in [-0.4, -0.2) is 61.5 Å². The van der Waals surface area contributed by atoms with Gasteiger partial charge in [0.1, 0.15) is 0 Å². The maximum atomic E-state index is 12.0. The second kappa shape index (κ2) is 5.64. The van der Waals surface area contributed by atoms with Crippen molar-refractivity contribution < 1.29 is 4.79 Å². The van der Waals surface area contributed by atoms with Gasteiger partial charge in [-0.1, -0.05) is 6.92 Å². The van der Waals surface area contributed by atoms with E-state index in [1.807, 2.05) is 4.90 Å². The van der Waals surface area contributed by atoms with Crippen molar-refractivity contribution in [2.24, 2.45) is 5.92 Å². The van der Waals surface area contributed by atoms with Crippen molar-refractivity contribution in [2.75, 3.05) is 45.8 Å². The molecule has 2 saturated heterocycles. The fourth-order valence-electron chi connectivity index (χ4n) is 2.58. The lowest BCUT2D eigenvalue weighted by atomic mass is 10.0. The smallest absolute Gasteiger partial charge is 0.222 e. The number of nitrogens with one attached hydrogen (secondary N) is 1. The Kier molecular flexibility index (Phi) is 4.18. The Morgan fingerprint density at radius 1 is 1.31 bits per heavy atom. The molecule has 0 aliphatic carbocycles. The molecule has 1 unspecified atom stereocenters. The van der Waals surface area contributed by atoms with Crippen LogP contribution >= 0.6 is 0 Å². The molecule has 2 heterocycles. The van der Waals surface area contributed by atoms with E-state index in [0.29, 0.717) is 11.8 Å². The monoisotopic (exact) mass is 225 g/mol. The minimum absolute atomic E-state index is 0.365. The molecule has 2 aliphatic heterocycles. The number of likely N-dealkylation sites (N-methyl/N-ethyl adjacent to an activating group) is 1. The molecule has 0 aromatic heterocycles. The molecule has 2 aliphatic rings. The topological polar surface area (TPSA) is 35.6 Å². The van der Waals surface area contributed by atoms with Gasteiger partial charge in [0.15, 0.2) is 0 Å². The maximum Gasteiger partial charge on any atom is 0.222 e. The van der Waals surface area contributed by atoms with Crippen molar-refractivity contribution >= 4 is 5.91 Å². The second-order valence-electron chi connectivity index (χ2n) is 4.88. The fraction of sp³-hybridized carbons (Fsp3) is 0.917. The van der Waals surface area contributed by atoms with Crippen LogP contribution in [0.5, 0.6) is 0 Å². The third kappa shape index (κ3) is 2.95. The summed E-state index contributed by atoms with van der Waals surface area (Å²) in [5.74, 6) is 0.946. The lowest BCUT2D eigenvalue weighted by molar-refractivity contribution is -0.133. The summed E-state index contributed by atoms with van der Waals surface area (Å²) in [5.41, 5.74) is 0. The van der Waals surface area contributed by atoms with Crippen LogP contribution in [0.25, 0.3) is 0 Å². The Bertz CT molecular complexity index is 230. The van der Waals surface area contributed by atoms with E-state index in [0.717, 1.165) is 52.2 Å². The fourth-order valence-corrected chi connectivity index (χ4v) is 2.58. The van der Waals surface area contributed by atoms with Crippen LogP contribution in [0.1, 0.15) is 19.8 Å². The van der Waals surface area contributed by atoms with Crippen LogP contribution in [-0.2, 0) is 4.79 Å². The zero-order valence-electron chi connectivity index (χ0n) is 10.2. The first kappa shape index (κ1) is 11.9. The largest absolute Gasteiger partial charge is 0.340 e. The summed E-state index contributed by atoms with van der Waals surface area (Å²) in [6, 6.07) is 0. The first-order valence-corrected chi connectivity index (χ1v) is 6.50. The lowest BCUT2D eigenvalue weighted by Gasteiger charge is -2.34. The maximum absolute atomic E-state index is 12.0. The number of piperazine rings is 1. The van der Waals surface area contributed by atoms with Gasteiger partial charge in [-0.2, -0.15) is 0 Å². The summed E-state index contributed by atoms with van der Waals surface area (Å²) >= 11 is 0. The summed E-state index contributed by atoms with van der Waals surface area (Å²) in [6.45, 7) is 9.34. The van der Waals surface area contributed by atoms with Gasteiger partial charge in [0.2, 0.25) is 5.91 Å². The summed E-state index contributed by atoms with van der Waals surface area (Å²) in [7, 11) is 0. The Morgan fingerprint density at radius 3 is 2.62 bits per heavy atom. The van der Waals surface area contributed by atoms with E-state index in [4.69, 9.17) is 0 Å². The van der Waals surface area contributed by atoms with Gasteiger partial charge in [0.25, 0.3) is 0 Å². The number of hydrogen-bond donors (Lipinski definition) is 1. The summed E-state index contributed by atoms with van der Waals surface area (Å²) < 4.78 is 0. The number of carbonyl (C=O) groups excluding carboxylic acids is 1. The average molecular weight is 225 g/mol. The molecule has 16 heavy (non-hydrogen) atoms. The first-order chi connectivity index (χ1) is 7.79. The Balaban J connectivity index is 1.73. The predicted molar refractivity (Wildman–Crippen MR) is 64.3 cm³/mol. The minimum atomic E-state index is 0.365. The van der Waals surface area contributed by atoms with Gasteiger partial charge in [-0.05, 0) is 32.0 Å².